The maximum atomic E-state index is 12.3. The molecule has 9 nitrogen and oxygen atoms in total. The van der Waals surface area contributed by atoms with E-state index in [1.807, 2.05) is 13.8 Å². The van der Waals surface area contributed by atoms with Crippen LogP contribution in [-0.2, 0) is 20.7 Å². The highest BCUT2D eigenvalue weighted by Gasteiger charge is 2.20. The van der Waals surface area contributed by atoms with Gasteiger partial charge in [0.05, 0.1) is 10.7 Å². The highest BCUT2D eigenvalue weighted by Crippen LogP contribution is 2.25. The minimum absolute atomic E-state index is 0.0641. The van der Waals surface area contributed by atoms with Gasteiger partial charge in [0.1, 0.15) is 0 Å². The quantitative estimate of drug-likeness (QED) is 0.552. The highest BCUT2D eigenvalue weighted by molar-refractivity contribution is 6.35. The predicted molar refractivity (Wildman–Crippen MR) is 114 cm³/mol. The molecule has 1 aromatic carbocycles. The topological polar surface area (TPSA) is 124 Å². The summed E-state index contributed by atoms with van der Waals surface area (Å²) in [5.41, 5.74) is 8.32. The number of nitrogens with one attached hydrogen (secondary N) is 1. The number of fused-ring (bicyclic) bond motifs is 1. The van der Waals surface area contributed by atoms with Gasteiger partial charge in [-0.3, -0.25) is 9.59 Å². The fourth-order valence-electron chi connectivity index (χ4n) is 2.95. The standard InChI is InChI=1S/C19H20Cl2N6O3/c1-9-13(10(2)27-19(23-9)25-18(22)26-27)5-7-16(28)30-11(3)17(29)24-15-8-12(20)4-6-14(15)21/h4,6,8,11H,5,7H2,1-3H3,(H2,22,26)(H,24,29). The Kier molecular flexibility index (Phi) is 6.42. The van der Waals surface area contributed by atoms with E-state index < -0.39 is 18.0 Å². The fourth-order valence-corrected chi connectivity index (χ4v) is 3.29. The van der Waals surface area contributed by atoms with Gasteiger partial charge < -0.3 is 15.8 Å². The maximum absolute atomic E-state index is 12.3. The minimum Gasteiger partial charge on any atom is -0.453 e. The van der Waals surface area contributed by atoms with Gasteiger partial charge >= 0.3 is 5.97 Å². The zero-order chi connectivity index (χ0) is 22.0. The minimum atomic E-state index is -1.01. The number of amides is 1. The van der Waals surface area contributed by atoms with E-state index in [4.69, 9.17) is 33.7 Å². The number of halogens is 2. The Morgan fingerprint density at radius 1 is 1.27 bits per heavy atom. The number of nitrogen functional groups attached to an aromatic ring is 1. The molecular formula is C19H20Cl2N6O3. The van der Waals surface area contributed by atoms with Crippen LogP contribution < -0.4 is 11.1 Å². The summed E-state index contributed by atoms with van der Waals surface area (Å²) in [5.74, 6) is -0.507. The summed E-state index contributed by atoms with van der Waals surface area (Å²) in [6.07, 6.45) is -0.576. The number of ether oxygens (including phenoxy) is 1. The van der Waals surface area contributed by atoms with Crippen LogP contribution in [0.15, 0.2) is 18.2 Å². The van der Waals surface area contributed by atoms with Gasteiger partial charge in [-0.2, -0.15) is 9.50 Å². The Morgan fingerprint density at radius 3 is 2.73 bits per heavy atom. The molecule has 0 aliphatic rings. The van der Waals surface area contributed by atoms with Gasteiger partial charge in [-0.1, -0.05) is 23.2 Å². The van der Waals surface area contributed by atoms with Crippen molar-refractivity contribution in [1.82, 2.24) is 19.6 Å². The summed E-state index contributed by atoms with van der Waals surface area (Å²) in [5, 5.41) is 7.44. The normalized spacial score (nSPS) is 12.0. The molecule has 0 radical (unpaired) electrons. The van der Waals surface area contributed by atoms with Crippen molar-refractivity contribution >= 4 is 52.5 Å². The molecule has 0 aliphatic carbocycles. The van der Waals surface area contributed by atoms with Crippen molar-refractivity contribution in [2.75, 3.05) is 11.1 Å². The number of rotatable bonds is 6. The van der Waals surface area contributed by atoms with Crippen molar-refractivity contribution in [3.63, 3.8) is 0 Å². The van der Waals surface area contributed by atoms with Gasteiger partial charge in [-0.25, -0.2) is 4.98 Å². The zero-order valence-corrected chi connectivity index (χ0v) is 18.1. The average Bonchev–Trinajstić information content (AvgIpc) is 3.04. The maximum Gasteiger partial charge on any atom is 0.306 e. The van der Waals surface area contributed by atoms with E-state index in [9.17, 15) is 9.59 Å². The van der Waals surface area contributed by atoms with E-state index in [-0.39, 0.29) is 12.4 Å². The third-order valence-corrected chi connectivity index (χ3v) is 5.07. The number of nitrogens with two attached hydrogens (primary N) is 1. The Morgan fingerprint density at radius 2 is 2.00 bits per heavy atom. The zero-order valence-electron chi connectivity index (χ0n) is 16.6. The van der Waals surface area contributed by atoms with Crippen molar-refractivity contribution in [1.29, 1.82) is 0 Å². The number of carbonyl (C=O) groups is 2. The lowest BCUT2D eigenvalue weighted by molar-refractivity contribution is -0.153. The second-order valence-electron chi connectivity index (χ2n) is 6.69. The summed E-state index contributed by atoms with van der Waals surface area (Å²) < 4.78 is 6.78. The van der Waals surface area contributed by atoms with E-state index in [1.165, 1.54) is 17.5 Å². The molecule has 30 heavy (non-hydrogen) atoms. The number of esters is 1. The molecule has 2 aromatic heterocycles. The number of benzene rings is 1. The number of aromatic nitrogens is 4. The predicted octanol–water partition coefficient (Wildman–Crippen LogP) is 3.13. The second-order valence-corrected chi connectivity index (χ2v) is 7.53. The molecule has 0 bridgehead atoms. The van der Waals surface area contributed by atoms with Crippen LogP contribution >= 0.6 is 23.2 Å². The molecule has 11 heteroatoms. The van der Waals surface area contributed by atoms with Crippen LogP contribution in [0.2, 0.25) is 10.0 Å². The van der Waals surface area contributed by atoms with E-state index in [2.05, 4.69) is 20.4 Å². The van der Waals surface area contributed by atoms with Crippen LogP contribution in [0.3, 0.4) is 0 Å². The molecule has 0 fully saturated rings. The molecule has 2 heterocycles. The van der Waals surface area contributed by atoms with Crippen LogP contribution in [0, 0.1) is 13.8 Å². The summed E-state index contributed by atoms with van der Waals surface area (Å²) in [7, 11) is 0. The van der Waals surface area contributed by atoms with Crippen LogP contribution in [0.4, 0.5) is 11.6 Å². The molecule has 0 saturated heterocycles. The Balaban J connectivity index is 1.61. The van der Waals surface area contributed by atoms with Crippen molar-refractivity contribution in [3.8, 4) is 0 Å². The number of anilines is 2. The molecule has 158 valence electrons. The first-order valence-corrected chi connectivity index (χ1v) is 9.85. The van der Waals surface area contributed by atoms with E-state index >= 15 is 0 Å². The monoisotopic (exact) mass is 450 g/mol. The third-order valence-electron chi connectivity index (χ3n) is 4.51. The van der Waals surface area contributed by atoms with Gasteiger partial charge in [0.15, 0.2) is 6.10 Å². The number of hydrogen-bond donors (Lipinski definition) is 2. The van der Waals surface area contributed by atoms with E-state index in [0.29, 0.717) is 27.9 Å². The van der Waals surface area contributed by atoms with Crippen LogP contribution in [-0.4, -0.2) is 37.6 Å². The smallest absolute Gasteiger partial charge is 0.306 e. The van der Waals surface area contributed by atoms with Crippen molar-refractivity contribution in [2.24, 2.45) is 0 Å². The SMILES string of the molecule is Cc1nc2nc(N)nn2c(C)c1CCC(=O)OC(C)C(=O)Nc1cc(Cl)ccc1Cl. The van der Waals surface area contributed by atoms with Gasteiger partial charge in [0, 0.05) is 22.8 Å². The second kappa shape index (κ2) is 8.85. The molecule has 0 saturated carbocycles. The van der Waals surface area contributed by atoms with Gasteiger partial charge in [0.25, 0.3) is 11.7 Å². The molecular weight excluding hydrogens is 431 g/mol. The van der Waals surface area contributed by atoms with Gasteiger partial charge in [-0.05, 0) is 51.0 Å². The first-order valence-electron chi connectivity index (χ1n) is 9.09. The summed E-state index contributed by atoms with van der Waals surface area (Å²) in [6.45, 7) is 5.15. The number of hydrogen-bond acceptors (Lipinski definition) is 7. The number of carbonyl (C=O) groups excluding carboxylic acids is 2. The largest absolute Gasteiger partial charge is 0.453 e. The average molecular weight is 451 g/mol. The Bertz CT molecular complexity index is 1130. The van der Waals surface area contributed by atoms with Crippen LogP contribution in [0.25, 0.3) is 5.78 Å². The lowest BCUT2D eigenvalue weighted by Crippen LogP contribution is -2.30. The molecule has 1 atom stereocenters. The lowest BCUT2D eigenvalue weighted by Gasteiger charge is -2.15. The molecule has 1 unspecified atom stereocenters. The molecule has 3 aromatic rings. The fraction of sp³-hybridized carbons (Fsp3) is 0.316. The van der Waals surface area contributed by atoms with Crippen LogP contribution in [0.1, 0.15) is 30.3 Å². The molecule has 0 spiro atoms. The summed E-state index contributed by atoms with van der Waals surface area (Å²) in [6, 6.07) is 4.68. The highest BCUT2D eigenvalue weighted by atomic mass is 35.5. The molecule has 3 rings (SSSR count). The summed E-state index contributed by atoms with van der Waals surface area (Å²) >= 11 is 11.9. The number of aryl methyl sites for hydroxylation is 2. The Hall–Kier alpha value is -2.91. The molecule has 3 N–H and O–H groups in total. The molecule has 1 amide bonds. The molecule has 0 aliphatic heterocycles. The van der Waals surface area contributed by atoms with Crippen LogP contribution in [0.5, 0.6) is 0 Å². The van der Waals surface area contributed by atoms with Crippen molar-refractivity contribution in [2.45, 2.75) is 39.7 Å². The summed E-state index contributed by atoms with van der Waals surface area (Å²) in [4.78, 5) is 33.0. The third kappa shape index (κ3) is 4.80. The lowest BCUT2D eigenvalue weighted by atomic mass is 10.1. The van der Waals surface area contributed by atoms with Gasteiger partial charge in [0.2, 0.25) is 5.95 Å². The van der Waals surface area contributed by atoms with E-state index in [1.54, 1.807) is 12.1 Å². The first-order chi connectivity index (χ1) is 14.2. The first kappa shape index (κ1) is 21.8. The number of nitrogens with zero attached hydrogens (tertiary/aromatic N) is 4. The van der Waals surface area contributed by atoms with E-state index in [0.717, 1.165) is 17.0 Å². The Labute approximate surface area is 182 Å². The van der Waals surface area contributed by atoms with Gasteiger partial charge in [-0.15, -0.1) is 5.10 Å². The van der Waals surface area contributed by atoms with Crippen molar-refractivity contribution < 1.29 is 14.3 Å². The van der Waals surface area contributed by atoms with Crippen molar-refractivity contribution in [3.05, 3.63) is 45.2 Å².